The van der Waals surface area contributed by atoms with Crippen molar-refractivity contribution in [2.24, 2.45) is 0 Å². The number of carbonyl (C=O) groups is 1. The van der Waals surface area contributed by atoms with Crippen LogP contribution in [0.5, 0.6) is 5.88 Å². The summed E-state index contributed by atoms with van der Waals surface area (Å²) in [6, 6.07) is 12.5. The molecule has 0 unspecified atom stereocenters. The summed E-state index contributed by atoms with van der Waals surface area (Å²) < 4.78 is 5.10. The number of nitrogens with zero attached hydrogens (tertiary/aromatic N) is 2. The Morgan fingerprint density at radius 1 is 1.26 bits per heavy atom. The highest BCUT2D eigenvalue weighted by Crippen LogP contribution is 2.20. The van der Waals surface area contributed by atoms with Gasteiger partial charge in [-0.25, -0.2) is 4.98 Å². The van der Waals surface area contributed by atoms with E-state index in [1.165, 1.54) is 4.90 Å². The lowest BCUT2D eigenvalue weighted by molar-refractivity contribution is 0.0520. The molecule has 2 rings (SSSR count). The Kier molecular flexibility index (Phi) is 5.67. The van der Waals surface area contributed by atoms with Crippen LogP contribution in [0.3, 0.4) is 0 Å². The number of likely N-dealkylation sites (N-methyl/N-ethyl adjacent to an activating group) is 1. The second-order valence-corrected chi connectivity index (χ2v) is 5.16. The van der Waals surface area contributed by atoms with Crippen LogP contribution in [0.4, 0.5) is 0 Å². The van der Waals surface area contributed by atoms with Crippen LogP contribution in [0.25, 0.3) is 11.3 Å². The van der Waals surface area contributed by atoms with Gasteiger partial charge >= 0.3 is 0 Å². The topological polar surface area (TPSA) is 82.9 Å². The molecule has 0 saturated heterocycles. The molecule has 2 aromatic rings. The summed E-state index contributed by atoms with van der Waals surface area (Å²) in [7, 11) is 3.14. The average molecular weight is 316 g/mol. The second-order valence-electron chi connectivity index (χ2n) is 5.16. The number of hydrogen-bond acceptors (Lipinski definition) is 5. The lowest BCUT2D eigenvalue weighted by Crippen LogP contribution is -2.35. The molecule has 1 amide bonds. The number of rotatable bonds is 6. The Hall–Kier alpha value is -2.44. The normalized spacial score (nSPS) is 11.8. The maximum Gasteiger partial charge on any atom is 0.253 e. The van der Waals surface area contributed by atoms with Gasteiger partial charge in [-0.05, 0) is 18.2 Å². The highest BCUT2D eigenvalue weighted by molar-refractivity contribution is 5.94. The molecule has 1 atom stereocenters. The van der Waals surface area contributed by atoms with E-state index in [0.29, 0.717) is 11.4 Å². The highest BCUT2D eigenvalue weighted by atomic mass is 16.5. The third-order valence-electron chi connectivity index (χ3n) is 3.40. The molecule has 2 N–H and O–H groups in total. The molecule has 0 fully saturated rings. The zero-order chi connectivity index (χ0) is 16.8. The molecular weight excluding hydrogens is 296 g/mol. The second kappa shape index (κ2) is 7.71. The maximum absolute atomic E-state index is 12.2. The standard InChI is InChI=1S/C17H20N2O4/c1-19(10-14(21)11-20)17(22)13-8-6-12(7-9-13)15-4-3-5-16(18-15)23-2/h3-9,14,20-21H,10-11H2,1-2H3/t14-/m1/s1. The van der Waals surface area contributed by atoms with Crippen molar-refractivity contribution in [1.82, 2.24) is 9.88 Å². The molecule has 0 spiro atoms. The number of aliphatic hydroxyl groups excluding tert-OH is 2. The fourth-order valence-electron chi connectivity index (χ4n) is 2.15. The third-order valence-corrected chi connectivity index (χ3v) is 3.40. The van der Waals surface area contributed by atoms with Crippen LogP contribution in [0.1, 0.15) is 10.4 Å². The smallest absolute Gasteiger partial charge is 0.253 e. The van der Waals surface area contributed by atoms with Crippen molar-refractivity contribution in [3.05, 3.63) is 48.0 Å². The molecule has 0 bridgehead atoms. The van der Waals surface area contributed by atoms with Crippen LogP contribution >= 0.6 is 0 Å². The Morgan fingerprint density at radius 2 is 1.96 bits per heavy atom. The summed E-state index contributed by atoms with van der Waals surface area (Å²) in [6.07, 6.45) is -0.941. The molecule has 0 aliphatic carbocycles. The predicted molar refractivity (Wildman–Crippen MR) is 86.3 cm³/mol. The molecule has 23 heavy (non-hydrogen) atoms. The van der Waals surface area contributed by atoms with Gasteiger partial charge in [-0.2, -0.15) is 0 Å². The SMILES string of the molecule is COc1cccc(-c2ccc(C(=O)N(C)C[C@@H](O)CO)cc2)n1. The zero-order valence-electron chi connectivity index (χ0n) is 13.1. The number of carbonyl (C=O) groups excluding carboxylic acids is 1. The molecule has 6 heteroatoms. The molecule has 0 radical (unpaired) electrons. The number of hydrogen-bond donors (Lipinski definition) is 2. The minimum Gasteiger partial charge on any atom is -0.481 e. The molecule has 1 aromatic carbocycles. The summed E-state index contributed by atoms with van der Waals surface area (Å²) in [5, 5.41) is 18.2. The van der Waals surface area contributed by atoms with Gasteiger partial charge in [0.2, 0.25) is 5.88 Å². The van der Waals surface area contributed by atoms with Gasteiger partial charge < -0.3 is 19.8 Å². The predicted octanol–water partition coefficient (Wildman–Crippen LogP) is 1.18. The molecule has 0 aliphatic heterocycles. The van der Waals surface area contributed by atoms with Crippen LogP contribution in [0.15, 0.2) is 42.5 Å². The number of ether oxygens (including phenoxy) is 1. The Balaban J connectivity index is 2.14. The van der Waals surface area contributed by atoms with Crippen LogP contribution in [0, 0.1) is 0 Å². The van der Waals surface area contributed by atoms with Crippen molar-refractivity contribution < 1.29 is 19.7 Å². The summed E-state index contributed by atoms with van der Waals surface area (Å²) >= 11 is 0. The van der Waals surface area contributed by atoms with E-state index in [9.17, 15) is 9.90 Å². The fraction of sp³-hybridized carbons (Fsp3) is 0.294. The number of aliphatic hydroxyl groups is 2. The van der Waals surface area contributed by atoms with Crippen molar-refractivity contribution in [1.29, 1.82) is 0 Å². The van der Waals surface area contributed by atoms with E-state index in [0.717, 1.165) is 11.3 Å². The van der Waals surface area contributed by atoms with Crippen molar-refractivity contribution in [2.45, 2.75) is 6.10 Å². The molecule has 1 aromatic heterocycles. The molecular formula is C17H20N2O4. The first-order valence-electron chi connectivity index (χ1n) is 7.21. The average Bonchev–Trinajstić information content (AvgIpc) is 2.61. The van der Waals surface area contributed by atoms with Crippen molar-refractivity contribution in [3.63, 3.8) is 0 Å². The maximum atomic E-state index is 12.2. The molecule has 122 valence electrons. The number of pyridine rings is 1. The first kappa shape index (κ1) is 16.9. The zero-order valence-corrected chi connectivity index (χ0v) is 13.1. The van der Waals surface area contributed by atoms with Crippen LogP contribution in [-0.2, 0) is 0 Å². The monoisotopic (exact) mass is 316 g/mol. The van der Waals surface area contributed by atoms with Gasteiger partial charge in [-0.3, -0.25) is 4.79 Å². The summed E-state index contributed by atoms with van der Waals surface area (Å²) in [5.41, 5.74) is 2.13. The van der Waals surface area contributed by atoms with Gasteiger partial charge in [0.1, 0.15) is 0 Å². The Morgan fingerprint density at radius 3 is 2.57 bits per heavy atom. The van der Waals surface area contributed by atoms with Crippen LogP contribution < -0.4 is 4.74 Å². The van der Waals surface area contributed by atoms with Gasteiger partial charge in [0, 0.05) is 30.8 Å². The quantitative estimate of drug-likeness (QED) is 0.836. The van der Waals surface area contributed by atoms with Crippen LogP contribution in [0.2, 0.25) is 0 Å². The van der Waals surface area contributed by atoms with Crippen molar-refractivity contribution in [2.75, 3.05) is 27.3 Å². The third kappa shape index (κ3) is 4.28. The Labute approximate surface area is 135 Å². The van der Waals surface area contributed by atoms with E-state index in [2.05, 4.69) is 4.98 Å². The minimum absolute atomic E-state index is 0.0779. The minimum atomic E-state index is -0.941. The molecule has 6 nitrogen and oxygen atoms in total. The molecule has 0 aliphatic rings. The van der Waals surface area contributed by atoms with E-state index in [1.807, 2.05) is 24.3 Å². The Bertz CT molecular complexity index is 658. The summed E-state index contributed by atoms with van der Waals surface area (Å²) in [5.74, 6) is 0.308. The van der Waals surface area contributed by atoms with Crippen molar-refractivity contribution in [3.8, 4) is 17.1 Å². The first-order valence-corrected chi connectivity index (χ1v) is 7.21. The highest BCUT2D eigenvalue weighted by Gasteiger charge is 2.15. The lowest BCUT2D eigenvalue weighted by Gasteiger charge is -2.19. The van der Waals surface area contributed by atoms with E-state index >= 15 is 0 Å². The van der Waals surface area contributed by atoms with E-state index in [4.69, 9.17) is 9.84 Å². The first-order chi connectivity index (χ1) is 11.0. The van der Waals surface area contributed by atoms with E-state index in [-0.39, 0.29) is 19.1 Å². The van der Waals surface area contributed by atoms with Gasteiger partial charge in [-0.1, -0.05) is 18.2 Å². The molecule has 0 saturated carbocycles. The number of amides is 1. The van der Waals surface area contributed by atoms with Gasteiger partial charge in [0.05, 0.1) is 25.5 Å². The number of aromatic nitrogens is 1. The van der Waals surface area contributed by atoms with Gasteiger partial charge in [0.25, 0.3) is 5.91 Å². The largest absolute Gasteiger partial charge is 0.481 e. The van der Waals surface area contributed by atoms with E-state index in [1.54, 1.807) is 32.4 Å². The number of methoxy groups -OCH3 is 1. The summed E-state index contributed by atoms with van der Waals surface area (Å²) in [4.78, 5) is 18.0. The molecule has 1 heterocycles. The summed E-state index contributed by atoms with van der Waals surface area (Å²) in [6.45, 7) is -0.299. The van der Waals surface area contributed by atoms with Gasteiger partial charge in [-0.15, -0.1) is 0 Å². The number of benzene rings is 1. The fourth-order valence-corrected chi connectivity index (χ4v) is 2.15. The van der Waals surface area contributed by atoms with Gasteiger partial charge in [0.15, 0.2) is 0 Å². The van der Waals surface area contributed by atoms with E-state index < -0.39 is 6.10 Å². The van der Waals surface area contributed by atoms with Crippen molar-refractivity contribution >= 4 is 5.91 Å². The lowest BCUT2D eigenvalue weighted by atomic mass is 10.1. The van der Waals surface area contributed by atoms with Crippen LogP contribution in [-0.4, -0.2) is 59.4 Å².